The summed E-state index contributed by atoms with van der Waals surface area (Å²) in [6.07, 6.45) is 9.95. The van der Waals surface area contributed by atoms with Gasteiger partial charge in [0.2, 0.25) is 0 Å². The van der Waals surface area contributed by atoms with Gasteiger partial charge in [0.25, 0.3) is 0 Å². The Hall–Kier alpha value is -2.34. The van der Waals surface area contributed by atoms with Crippen LogP contribution in [0.4, 0.5) is 0 Å². The van der Waals surface area contributed by atoms with Crippen molar-refractivity contribution in [3.63, 3.8) is 0 Å². The Kier molecular flexibility index (Phi) is 5.05. The summed E-state index contributed by atoms with van der Waals surface area (Å²) < 4.78 is 17.3. The molecule has 2 fully saturated rings. The van der Waals surface area contributed by atoms with Crippen molar-refractivity contribution in [3.05, 3.63) is 48.0 Å². The van der Waals surface area contributed by atoms with Gasteiger partial charge in [-0.05, 0) is 53.6 Å². The Labute approximate surface area is 201 Å². The standard InChI is InChI=1S/C28H36O6/c1-16(29)33-22-13-19-25(2,3)21(30)8-11-26(19,4)18-7-10-27(5)20(28(18,22)6)14-23(31)34-24(27)17-9-12-32-15-17/h8-9,11-12,14-15,18-19,21-22,24,30H,7,10,13H2,1-6H3/t18?,19?,21-,22-,24+,26-,27-,28-/m1/s1. The van der Waals surface area contributed by atoms with E-state index in [-0.39, 0.29) is 34.6 Å². The lowest BCUT2D eigenvalue weighted by atomic mass is 9.38. The van der Waals surface area contributed by atoms with Gasteiger partial charge < -0.3 is 19.0 Å². The number of allylic oxidation sites excluding steroid dienone is 1. The lowest BCUT2D eigenvalue weighted by molar-refractivity contribution is -0.201. The molecule has 34 heavy (non-hydrogen) atoms. The number of hydrogen-bond donors (Lipinski definition) is 1. The van der Waals surface area contributed by atoms with Crippen LogP contribution in [0.1, 0.15) is 72.5 Å². The van der Waals surface area contributed by atoms with Gasteiger partial charge in [-0.15, -0.1) is 0 Å². The minimum absolute atomic E-state index is 0.118. The number of esters is 2. The maximum Gasteiger partial charge on any atom is 0.331 e. The molecule has 5 rings (SSSR count). The average molecular weight is 469 g/mol. The molecular formula is C28H36O6. The molecule has 2 saturated carbocycles. The number of carbonyl (C=O) groups is 2. The molecule has 0 amide bonds. The first-order chi connectivity index (χ1) is 15.8. The molecule has 6 heteroatoms. The predicted octanol–water partition coefficient (Wildman–Crippen LogP) is 5.14. The van der Waals surface area contributed by atoms with Gasteiger partial charge in [-0.3, -0.25) is 4.79 Å². The Balaban J connectivity index is 1.69. The van der Waals surface area contributed by atoms with Crippen LogP contribution in [0.15, 0.2) is 46.8 Å². The summed E-state index contributed by atoms with van der Waals surface area (Å²) in [7, 11) is 0. The Morgan fingerprint density at radius 2 is 1.91 bits per heavy atom. The molecular weight excluding hydrogens is 432 g/mol. The van der Waals surface area contributed by atoms with E-state index in [1.54, 1.807) is 18.6 Å². The summed E-state index contributed by atoms with van der Waals surface area (Å²) in [6, 6.07) is 1.86. The predicted molar refractivity (Wildman–Crippen MR) is 125 cm³/mol. The first-order valence-electron chi connectivity index (χ1n) is 12.3. The number of aliphatic hydroxyl groups is 1. The van der Waals surface area contributed by atoms with E-state index < -0.39 is 29.1 Å². The number of ether oxygens (including phenoxy) is 2. The van der Waals surface area contributed by atoms with E-state index in [1.165, 1.54) is 6.92 Å². The first-order valence-corrected chi connectivity index (χ1v) is 12.3. The van der Waals surface area contributed by atoms with Crippen LogP contribution in [-0.4, -0.2) is 29.3 Å². The molecule has 0 saturated heterocycles. The van der Waals surface area contributed by atoms with Crippen molar-refractivity contribution >= 4 is 11.9 Å². The number of cyclic esters (lactones) is 1. The largest absolute Gasteiger partial charge is 0.472 e. The second kappa shape index (κ2) is 7.33. The van der Waals surface area contributed by atoms with E-state index in [1.807, 2.05) is 12.1 Å². The first kappa shape index (κ1) is 23.4. The van der Waals surface area contributed by atoms with E-state index in [2.05, 4.69) is 40.7 Å². The molecule has 1 aliphatic heterocycles. The smallest absolute Gasteiger partial charge is 0.331 e. The van der Waals surface area contributed by atoms with Crippen molar-refractivity contribution in [3.8, 4) is 0 Å². The van der Waals surface area contributed by atoms with Crippen LogP contribution in [-0.2, 0) is 19.1 Å². The second-order valence-electron chi connectivity index (χ2n) is 12.1. The molecule has 0 radical (unpaired) electrons. The quantitative estimate of drug-likeness (QED) is 0.478. The molecule has 3 aliphatic carbocycles. The van der Waals surface area contributed by atoms with E-state index in [9.17, 15) is 14.7 Å². The van der Waals surface area contributed by atoms with Gasteiger partial charge in [-0.25, -0.2) is 4.79 Å². The van der Waals surface area contributed by atoms with Crippen molar-refractivity contribution in [1.29, 1.82) is 0 Å². The van der Waals surface area contributed by atoms with Crippen LogP contribution in [0.5, 0.6) is 0 Å². The topological polar surface area (TPSA) is 86.0 Å². The third-order valence-electron chi connectivity index (χ3n) is 10.0. The second-order valence-corrected chi connectivity index (χ2v) is 12.1. The van der Waals surface area contributed by atoms with Crippen molar-refractivity contribution in [2.24, 2.45) is 33.5 Å². The number of fused-ring (bicyclic) bond motifs is 5. The summed E-state index contributed by atoms with van der Waals surface area (Å²) in [5.41, 5.74) is 0.245. The van der Waals surface area contributed by atoms with E-state index in [0.717, 1.165) is 24.0 Å². The molecule has 1 aromatic rings. The lowest BCUT2D eigenvalue weighted by Gasteiger charge is -2.68. The van der Waals surface area contributed by atoms with Crippen LogP contribution >= 0.6 is 0 Å². The van der Waals surface area contributed by atoms with Gasteiger partial charge in [0.1, 0.15) is 12.2 Å². The van der Waals surface area contributed by atoms with E-state index in [4.69, 9.17) is 13.9 Å². The number of hydrogen-bond acceptors (Lipinski definition) is 6. The molecule has 0 bridgehead atoms. The molecule has 0 spiro atoms. The third-order valence-corrected chi connectivity index (χ3v) is 10.0. The minimum atomic E-state index is -0.561. The molecule has 8 atom stereocenters. The number of rotatable bonds is 2. The van der Waals surface area contributed by atoms with Gasteiger partial charge in [0.15, 0.2) is 0 Å². The highest BCUT2D eigenvalue weighted by Crippen LogP contribution is 2.72. The molecule has 2 unspecified atom stereocenters. The van der Waals surface area contributed by atoms with Gasteiger partial charge in [-0.1, -0.05) is 46.8 Å². The SMILES string of the molecule is CC(=O)O[C@@H]1CC2C(C)(C)[C@H](O)C=C[C@]2(C)C2CC[C@]3(C)C(=CC(=O)O[C@H]3c3ccoc3)[C@@]21C. The van der Waals surface area contributed by atoms with Crippen LogP contribution in [0.2, 0.25) is 0 Å². The van der Waals surface area contributed by atoms with E-state index >= 15 is 0 Å². The van der Waals surface area contributed by atoms with Gasteiger partial charge in [0, 0.05) is 29.4 Å². The van der Waals surface area contributed by atoms with Crippen molar-refractivity contribution in [1.82, 2.24) is 0 Å². The zero-order valence-electron chi connectivity index (χ0n) is 21.0. The fraction of sp³-hybridized carbons (Fsp3) is 0.643. The van der Waals surface area contributed by atoms with Gasteiger partial charge in [0.05, 0.1) is 18.6 Å². The van der Waals surface area contributed by atoms with Gasteiger partial charge >= 0.3 is 11.9 Å². The zero-order valence-corrected chi connectivity index (χ0v) is 21.0. The highest BCUT2D eigenvalue weighted by molar-refractivity contribution is 5.85. The molecule has 0 aromatic carbocycles. The molecule has 1 aromatic heterocycles. The van der Waals surface area contributed by atoms with Crippen LogP contribution < -0.4 is 0 Å². The van der Waals surface area contributed by atoms with Crippen LogP contribution in [0.3, 0.4) is 0 Å². The molecule has 4 aliphatic rings. The van der Waals surface area contributed by atoms with Gasteiger partial charge in [-0.2, -0.15) is 0 Å². The zero-order chi connectivity index (χ0) is 24.7. The fourth-order valence-electron chi connectivity index (χ4n) is 8.30. The lowest BCUT2D eigenvalue weighted by Crippen LogP contribution is -2.65. The van der Waals surface area contributed by atoms with Crippen molar-refractivity contribution in [2.45, 2.75) is 79.1 Å². The molecule has 2 heterocycles. The summed E-state index contributed by atoms with van der Waals surface area (Å²) in [5, 5.41) is 10.8. The summed E-state index contributed by atoms with van der Waals surface area (Å²) >= 11 is 0. The van der Waals surface area contributed by atoms with Crippen LogP contribution in [0, 0.1) is 33.5 Å². The van der Waals surface area contributed by atoms with Crippen molar-refractivity contribution < 1.29 is 28.6 Å². The normalized spacial score (nSPS) is 44.7. The summed E-state index contributed by atoms with van der Waals surface area (Å²) in [5.74, 6) is -0.450. The highest BCUT2D eigenvalue weighted by Gasteiger charge is 2.68. The molecule has 6 nitrogen and oxygen atoms in total. The van der Waals surface area contributed by atoms with Crippen molar-refractivity contribution in [2.75, 3.05) is 0 Å². The number of furan rings is 1. The molecule has 184 valence electrons. The number of carbonyl (C=O) groups excluding carboxylic acids is 2. The maximum absolute atomic E-state index is 12.9. The molecule has 1 N–H and O–H groups in total. The average Bonchev–Trinajstić information content (AvgIpc) is 3.28. The highest BCUT2D eigenvalue weighted by atomic mass is 16.6. The Bertz CT molecular complexity index is 1070. The summed E-state index contributed by atoms with van der Waals surface area (Å²) in [4.78, 5) is 25.3. The van der Waals surface area contributed by atoms with E-state index in [0.29, 0.717) is 6.42 Å². The maximum atomic E-state index is 12.9. The minimum Gasteiger partial charge on any atom is -0.472 e. The van der Waals surface area contributed by atoms with Crippen LogP contribution in [0.25, 0.3) is 0 Å². The fourth-order valence-corrected chi connectivity index (χ4v) is 8.30. The Morgan fingerprint density at radius 1 is 1.18 bits per heavy atom. The number of aliphatic hydroxyl groups excluding tert-OH is 1. The third kappa shape index (κ3) is 2.96. The Morgan fingerprint density at radius 3 is 2.56 bits per heavy atom. The monoisotopic (exact) mass is 468 g/mol. The summed E-state index contributed by atoms with van der Waals surface area (Å²) in [6.45, 7) is 12.3.